The van der Waals surface area contributed by atoms with Crippen molar-refractivity contribution >= 4 is 72.3 Å². The largest absolute Gasteiger partial charge is 0.454 e. The monoisotopic (exact) mass is 465 g/mol. The third-order valence-electron chi connectivity index (χ3n) is 7.02. The van der Waals surface area contributed by atoms with Gasteiger partial charge >= 0.3 is 0 Å². The molecule has 0 atom stereocenters. The molecule has 0 fully saturated rings. The van der Waals surface area contributed by atoms with Crippen LogP contribution in [0.1, 0.15) is 0 Å². The van der Waals surface area contributed by atoms with Crippen LogP contribution in [0.2, 0.25) is 0 Å². The lowest BCUT2D eigenvalue weighted by Crippen LogP contribution is -2.15. The van der Waals surface area contributed by atoms with Crippen LogP contribution >= 0.6 is 11.8 Å². The van der Waals surface area contributed by atoms with E-state index in [9.17, 15) is 0 Å². The molecule has 2 nitrogen and oxygen atoms in total. The van der Waals surface area contributed by atoms with Crippen molar-refractivity contribution < 1.29 is 4.42 Å². The van der Waals surface area contributed by atoms with Crippen molar-refractivity contribution in [1.29, 1.82) is 0 Å². The summed E-state index contributed by atoms with van der Waals surface area (Å²) in [5.41, 5.74) is 5.29. The van der Waals surface area contributed by atoms with E-state index in [0.29, 0.717) is 0 Å². The van der Waals surface area contributed by atoms with Crippen LogP contribution in [0, 0.1) is 0 Å². The molecule has 0 amide bonds. The average Bonchev–Trinajstić information content (AvgIpc) is 3.31. The SMILES string of the molecule is c1ccc2c3c(ccc2c1)N(c1cccc2c1oc1ccccc12)c1c(ccc2ccccc12)S3. The Balaban J connectivity index is 1.53. The molecule has 0 N–H and O–H groups in total. The Morgan fingerprint density at radius 3 is 2.09 bits per heavy atom. The van der Waals surface area contributed by atoms with Crippen molar-refractivity contribution in [3.05, 3.63) is 115 Å². The molecule has 0 aliphatic carbocycles. The quantitative estimate of drug-likeness (QED) is 0.240. The minimum absolute atomic E-state index is 0.915. The van der Waals surface area contributed by atoms with Crippen molar-refractivity contribution in [2.75, 3.05) is 4.90 Å². The molecule has 1 aromatic heterocycles. The summed E-state index contributed by atoms with van der Waals surface area (Å²) in [6.07, 6.45) is 0. The minimum Gasteiger partial charge on any atom is -0.454 e. The van der Waals surface area contributed by atoms with Crippen LogP contribution < -0.4 is 4.90 Å². The number of hydrogen-bond donors (Lipinski definition) is 0. The van der Waals surface area contributed by atoms with Gasteiger partial charge in [0.05, 0.1) is 17.1 Å². The molecular weight excluding hydrogens is 446 g/mol. The number of furan rings is 1. The zero-order valence-corrected chi connectivity index (χ0v) is 19.5. The van der Waals surface area contributed by atoms with Gasteiger partial charge < -0.3 is 9.32 Å². The van der Waals surface area contributed by atoms with E-state index >= 15 is 0 Å². The van der Waals surface area contributed by atoms with E-state index in [-0.39, 0.29) is 0 Å². The van der Waals surface area contributed by atoms with Crippen molar-refractivity contribution in [1.82, 2.24) is 0 Å². The summed E-state index contributed by atoms with van der Waals surface area (Å²) >= 11 is 1.86. The number of hydrogen-bond acceptors (Lipinski definition) is 3. The van der Waals surface area contributed by atoms with Crippen molar-refractivity contribution in [3.63, 3.8) is 0 Å². The zero-order chi connectivity index (χ0) is 22.9. The summed E-state index contributed by atoms with van der Waals surface area (Å²) < 4.78 is 6.52. The van der Waals surface area contributed by atoms with Gasteiger partial charge in [0.15, 0.2) is 5.58 Å². The Morgan fingerprint density at radius 1 is 0.514 bits per heavy atom. The van der Waals surface area contributed by atoms with E-state index < -0.39 is 0 Å². The second-order valence-corrected chi connectivity index (χ2v) is 10.0. The highest BCUT2D eigenvalue weighted by molar-refractivity contribution is 8.00. The Labute approximate surface area is 206 Å². The van der Waals surface area contributed by atoms with Gasteiger partial charge in [-0.3, -0.25) is 0 Å². The average molecular weight is 466 g/mol. The van der Waals surface area contributed by atoms with E-state index in [4.69, 9.17) is 4.42 Å². The summed E-state index contributed by atoms with van der Waals surface area (Å²) in [5, 5.41) is 7.29. The minimum atomic E-state index is 0.915. The number of fused-ring (bicyclic) bond motifs is 9. The molecule has 0 radical (unpaired) electrons. The van der Waals surface area contributed by atoms with E-state index in [0.717, 1.165) is 27.6 Å². The van der Waals surface area contributed by atoms with Gasteiger partial charge in [0.2, 0.25) is 0 Å². The maximum absolute atomic E-state index is 6.52. The molecule has 0 spiro atoms. The smallest absolute Gasteiger partial charge is 0.159 e. The van der Waals surface area contributed by atoms with Crippen molar-refractivity contribution in [2.24, 2.45) is 0 Å². The molecule has 6 aromatic carbocycles. The molecule has 0 saturated heterocycles. The Bertz CT molecular complexity index is 1950. The van der Waals surface area contributed by atoms with Gasteiger partial charge in [-0.2, -0.15) is 0 Å². The first kappa shape index (κ1) is 19.1. The molecule has 3 heteroatoms. The summed E-state index contributed by atoms with van der Waals surface area (Å²) in [6.45, 7) is 0. The lowest BCUT2D eigenvalue weighted by atomic mass is 10.0. The first-order valence-corrected chi connectivity index (χ1v) is 12.6. The zero-order valence-electron chi connectivity index (χ0n) is 18.7. The highest BCUT2D eigenvalue weighted by atomic mass is 32.2. The van der Waals surface area contributed by atoms with E-state index in [1.54, 1.807) is 0 Å². The van der Waals surface area contributed by atoms with Gasteiger partial charge in [0, 0.05) is 25.9 Å². The van der Waals surface area contributed by atoms with E-state index in [2.05, 4.69) is 114 Å². The van der Waals surface area contributed by atoms with Crippen LogP contribution in [0.25, 0.3) is 43.5 Å². The molecule has 164 valence electrons. The second-order valence-electron chi connectivity index (χ2n) is 8.96. The first-order valence-electron chi connectivity index (χ1n) is 11.8. The predicted molar refractivity (Wildman–Crippen MR) is 148 cm³/mol. The maximum atomic E-state index is 6.52. The standard InChI is InChI=1S/C32H19NOS/c1-3-10-22-20(8-1)17-19-29-30(22)33(27-18-16-21-9-2-4-11-23(21)32(27)35-29)26-14-7-13-25-24-12-5-6-15-28(24)34-31(25)26/h1-19H. The lowest BCUT2D eigenvalue weighted by molar-refractivity contribution is 0.669. The summed E-state index contributed by atoms with van der Waals surface area (Å²) in [7, 11) is 0. The molecule has 0 bridgehead atoms. The number of anilines is 3. The fourth-order valence-electron chi connectivity index (χ4n) is 5.45. The van der Waals surface area contributed by atoms with E-state index in [1.165, 1.54) is 42.7 Å². The highest BCUT2D eigenvalue weighted by Crippen LogP contribution is 2.56. The van der Waals surface area contributed by atoms with Crippen LogP contribution in [-0.4, -0.2) is 0 Å². The summed E-state index contributed by atoms with van der Waals surface area (Å²) in [6, 6.07) is 41.1. The van der Waals surface area contributed by atoms with Crippen molar-refractivity contribution in [2.45, 2.75) is 9.79 Å². The van der Waals surface area contributed by atoms with Gasteiger partial charge in [0.1, 0.15) is 5.58 Å². The maximum Gasteiger partial charge on any atom is 0.159 e. The Morgan fingerprint density at radius 2 is 1.20 bits per heavy atom. The summed E-state index contributed by atoms with van der Waals surface area (Å²) in [5.74, 6) is 0. The molecule has 1 aliphatic rings. The number of nitrogens with zero attached hydrogens (tertiary/aromatic N) is 1. The molecule has 0 saturated carbocycles. The molecule has 7 aromatic rings. The van der Waals surface area contributed by atoms with Crippen LogP contribution in [0.4, 0.5) is 17.1 Å². The Hall–Kier alpha value is -4.21. The fraction of sp³-hybridized carbons (Fsp3) is 0. The predicted octanol–water partition coefficient (Wildman–Crippen LogP) is 9.83. The Kier molecular flexibility index (Phi) is 3.91. The van der Waals surface area contributed by atoms with Gasteiger partial charge in [-0.05, 0) is 40.4 Å². The molecule has 35 heavy (non-hydrogen) atoms. The summed E-state index contributed by atoms with van der Waals surface area (Å²) in [4.78, 5) is 4.94. The molecule has 8 rings (SSSR count). The number of benzene rings is 6. The van der Waals surface area contributed by atoms with Crippen LogP contribution in [-0.2, 0) is 0 Å². The topological polar surface area (TPSA) is 16.4 Å². The number of para-hydroxylation sites is 2. The molecule has 2 heterocycles. The van der Waals surface area contributed by atoms with Gasteiger partial charge in [-0.25, -0.2) is 0 Å². The third kappa shape index (κ3) is 2.67. The fourth-order valence-corrected chi connectivity index (χ4v) is 6.67. The third-order valence-corrected chi connectivity index (χ3v) is 8.21. The van der Waals surface area contributed by atoms with Crippen LogP contribution in [0.5, 0.6) is 0 Å². The van der Waals surface area contributed by atoms with Gasteiger partial charge in [0.25, 0.3) is 0 Å². The second kappa shape index (κ2) is 7.14. The van der Waals surface area contributed by atoms with E-state index in [1.807, 2.05) is 17.8 Å². The first-order chi connectivity index (χ1) is 17.4. The van der Waals surface area contributed by atoms with Crippen molar-refractivity contribution in [3.8, 4) is 0 Å². The molecular formula is C32H19NOS. The molecule has 0 unspecified atom stereocenters. The number of rotatable bonds is 1. The normalized spacial score (nSPS) is 13.0. The van der Waals surface area contributed by atoms with Crippen LogP contribution in [0.3, 0.4) is 0 Å². The van der Waals surface area contributed by atoms with Gasteiger partial charge in [-0.15, -0.1) is 0 Å². The van der Waals surface area contributed by atoms with Gasteiger partial charge in [-0.1, -0.05) is 103 Å². The molecule has 1 aliphatic heterocycles. The lowest BCUT2D eigenvalue weighted by Gasteiger charge is -2.34. The highest BCUT2D eigenvalue weighted by Gasteiger charge is 2.30. The van der Waals surface area contributed by atoms with Crippen LogP contribution in [0.15, 0.2) is 129 Å².